The van der Waals surface area contributed by atoms with Crippen molar-refractivity contribution in [3.63, 3.8) is 0 Å². The SMILES string of the molecule is COc1ccc([C@H](C#N)N2N=C(c3ccccc3)C[C@H]2c2ccccc2)cc1. The molecule has 0 radical (unpaired) electrons. The lowest BCUT2D eigenvalue weighted by Crippen LogP contribution is -2.24. The van der Waals surface area contributed by atoms with E-state index in [-0.39, 0.29) is 6.04 Å². The van der Waals surface area contributed by atoms with E-state index in [0.29, 0.717) is 0 Å². The molecule has 0 aliphatic carbocycles. The summed E-state index contributed by atoms with van der Waals surface area (Å²) in [6.45, 7) is 0. The first-order valence-corrected chi connectivity index (χ1v) is 9.30. The van der Waals surface area contributed by atoms with Crippen LogP contribution in [0.15, 0.2) is 90.0 Å². The lowest BCUT2D eigenvalue weighted by atomic mass is 9.97. The number of hydrogen-bond acceptors (Lipinski definition) is 4. The maximum atomic E-state index is 10.00. The molecule has 138 valence electrons. The molecule has 0 bridgehead atoms. The van der Waals surface area contributed by atoms with Gasteiger partial charge in [0.2, 0.25) is 0 Å². The lowest BCUT2D eigenvalue weighted by Gasteiger charge is -2.28. The number of hydrogen-bond donors (Lipinski definition) is 0. The minimum Gasteiger partial charge on any atom is -0.497 e. The van der Waals surface area contributed by atoms with Gasteiger partial charge in [0, 0.05) is 6.42 Å². The molecule has 3 aromatic carbocycles. The van der Waals surface area contributed by atoms with Crippen molar-refractivity contribution in [2.24, 2.45) is 5.10 Å². The van der Waals surface area contributed by atoms with E-state index in [1.807, 2.05) is 65.7 Å². The summed E-state index contributed by atoms with van der Waals surface area (Å²) in [7, 11) is 1.64. The molecule has 4 heteroatoms. The van der Waals surface area contributed by atoms with Gasteiger partial charge in [-0.15, -0.1) is 0 Å². The Hall–Kier alpha value is -3.58. The van der Waals surface area contributed by atoms with E-state index in [2.05, 4.69) is 30.3 Å². The first kappa shape index (κ1) is 17.8. The van der Waals surface area contributed by atoms with Gasteiger partial charge in [0.25, 0.3) is 0 Å². The highest BCUT2D eigenvalue weighted by Gasteiger charge is 2.34. The maximum Gasteiger partial charge on any atom is 0.159 e. The van der Waals surface area contributed by atoms with Crippen LogP contribution >= 0.6 is 0 Å². The van der Waals surface area contributed by atoms with Crippen molar-refractivity contribution >= 4 is 5.71 Å². The fraction of sp³-hybridized carbons (Fsp3) is 0.167. The summed E-state index contributed by atoms with van der Waals surface area (Å²) in [5.74, 6) is 0.773. The molecule has 1 aliphatic rings. The zero-order valence-corrected chi connectivity index (χ0v) is 15.7. The van der Waals surface area contributed by atoms with Crippen LogP contribution in [0.25, 0.3) is 0 Å². The van der Waals surface area contributed by atoms with Crippen LogP contribution in [-0.4, -0.2) is 17.8 Å². The predicted octanol–water partition coefficient (Wildman–Crippen LogP) is 5.11. The minimum atomic E-state index is -0.475. The molecule has 0 amide bonds. The third kappa shape index (κ3) is 3.47. The molecule has 0 spiro atoms. The Morgan fingerprint density at radius 3 is 2.21 bits per heavy atom. The quantitative estimate of drug-likeness (QED) is 0.629. The highest BCUT2D eigenvalue weighted by atomic mass is 16.5. The van der Waals surface area contributed by atoms with E-state index in [0.717, 1.165) is 34.6 Å². The Morgan fingerprint density at radius 2 is 1.61 bits per heavy atom. The summed E-state index contributed by atoms with van der Waals surface area (Å²) >= 11 is 0. The van der Waals surface area contributed by atoms with Crippen molar-refractivity contribution in [3.8, 4) is 11.8 Å². The van der Waals surface area contributed by atoms with Crippen LogP contribution in [0.5, 0.6) is 5.75 Å². The second-order valence-corrected chi connectivity index (χ2v) is 6.73. The van der Waals surface area contributed by atoms with E-state index < -0.39 is 6.04 Å². The second-order valence-electron chi connectivity index (χ2n) is 6.73. The molecule has 0 N–H and O–H groups in total. The molecule has 1 aliphatic heterocycles. The van der Waals surface area contributed by atoms with E-state index in [9.17, 15) is 5.26 Å². The molecule has 0 fully saturated rings. The van der Waals surface area contributed by atoms with E-state index in [4.69, 9.17) is 9.84 Å². The average molecular weight is 367 g/mol. The zero-order valence-electron chi connectivity index (χ0n) is 15.7. The van der Waals surface area contributed by atoms with Gasteiger partial charge in [0.05, 0.1) is 24.9 Å². The van der Waals surface area contributed by atoms with Crippen molar-refractivity contribution in [3.05, 3.63) is 102 Å². The van der Waals surface area contributed by atoms with Crippen LogP contribution in [0.1, 0.15) is 35.2 Å². The molecule has 0 aromatic heterocycles. The van der Waals surface area contributed by atoms with Crippen LogP contribution in [0.4, 0.5) is 0 Å². The number of hydrazone groups is 1. The van der Waals surface area contributed by atoms with E-state index in [1.54, 1.807) is 7.11 Å². The predicted molar refractivity (Wildman–Crippen MR) is 110 cm³/mol. The molecular formula is C24H21N3O. The zero-order chi connectivity index (χ0) is 19.3. The molecule has 0 unspecified atom stereocenters. The van der Waals surface area contributed by atoms with Gasteiger partial charge in [0.1, 0.15) is 5.75 Å². The van der Waals surface area contributed by atoms with Crippen LogP contribution in [-0.2, 0) is 0 Å². The first-order valence-electron chi connectivity index (χ1n) is 9.30. The van der Waals surface area contributed by atoms with Crippen molar-refractivity contribution in [1.82, 2.24) is 5.01 Å². The smallest absolute Gasteiger partial charge is 0.159 e. The van der Waals surface area contributed by atoms with Gasteiger partial charge in [-0.3, -0.25) is 5.01 Å². The highest BCUT2D eigenvalue weighted by Crippen LogP contribution is 2.39. The summed E-state index contributed by atoms with van der Waals surface area (Å²) in [5.41, 5.74) is 4.16. The van der Waals surface area contributed by atoms with Crippen molar-refractivity contribution < 1.29 is 4.74 Å². The Kier molecular flexibility index (Phi) is 5.07. The largest absolute Gasteiger partial charge is 0.497 e. The Labute approximate surface area is 165 Å². The fourth-order valence-electron chi connectivity index (χ4n) is 3.59. The van der Waals surface area contributed by atoms with Gasteiger partial charge in [-0.1, -0.05) is 72.8 Å². The van der Waals surface area contributed by atoms with Gasteiger partial charge in [0.15, 0.2) is 6.04 Å². The van der Waals surface area contributed by atoms with Crippen LogP contribution in [0.3, 0.4) is 0 Å². The average Bonchev–Trinajstić information content (AvgIpc) is 3.21. The summed E-state index contributed by atoms with van der Waals surface area (Å²) in [4.78, 5) is 0. The molecule has 0 saturated heterocycles. The highest BCUT2D eigenvalue weighted by molar-refractivity contribution is 6.01. The number of nitriles is 1. The summed E-state index contributed by atoms with van der Waals surface area (Å²) in [6, 6.07) is 30.1. The number of ether oxygens (including phenoxy) is 1. The van der Waals surface area contributed by atoms with Gasteiger partial charge in [-0.2, -0.15) is 10.4 Å². The van der Waals surface area contributed by atoms with E-state index in [1.165, 1.54) is 0 Å². The van der Waals surface area contributed by atoms with Crippen LogP contribution in [0, 0.1) is 11.3 Å². The molecule has 28 heavy (non-hydrogen) atoms. The monoisotopic (exact) mass is 367 g/mol. The Balaban J connectivity index is 1.74. The van der Waals surface area contributed by atoms with E-state index >= 15 is 0 Å². The maximum absolute atomic E-state index is 10.00. The standard InChI is InChI=1S/C24H21N3O/c1-28-21-14-12-20(13-15-21)24(17-25)27-23(19-10-6-3-7-11-19)16-22(26-27)18-8-4-2-5-9-18/h2-15,23-24H,16H2,1H3/t23-,24-/m0/s1. The van der Waals surface area contributed by atoms with Crippen molar-refractivity contribution in [1.29, 1.82) is 5.26 Å². The van der Waals surface area contributed by atoms with Crippen molar-refractivity contribution in [2.45, 2.75) is 18.5 Å². The normalized spacial score (nSPS) is 16.9. The van der Waals surface area contributed by atoms with Gasteiger partial charge >= 0.3 is 0 Å². The summed E-state index contributed by atoms with van der Waals surface area (Å²) in [5, 5.41) is 16.8. The van der Waals surface area contributed by atoms with Gasteiger partial charge in [-0.05, 0) is 28.8 Å². The summed E-state index contributed by atoms with van der Waals surface area (Å²) < 4.78 is 5.25. The molecule has 4 rings (SSSR count). The molecule has 0 saturated carbocycles. The van der Waals surface area contributed by atoms with Crippen LogP contribution < -0.4 is 4.74 Å². The number of nitrogens with zero attached hydrogens (tertiary/aromatic N) is 3. The Morgan fingerprint density at radius 1 is 0.964 bits per heavy atom. The number of benzene rings is 3. The van der Waals surface area contributed by atoms with Gasteiger partial charge < -0.3 is 4.74 Å². The number of methoxy groups -OCH3 is 1. The molecule has 2 atom stereocenters. The number of rotatable bonds is 5. The third-order valence-corrected chi connectivity index (χ3v) is 5.05. The fourth-order valence-corrected chi connectivity index (χ4v) is 3.59. The molecule has 3 aromatic rings. The third-order valence-electron chi connectivity index (χ3n) is 5.05. The topological polar surface area (TPSA) is 48.6 Å². The van der Waals surface area contributed by atoms with Crippen LogP contribution in [0.2, 0.25) is 0 Å². The summed E-state index contributed by atoms with van der Waals surface area (Å²) in [6.07, 6.45) is 0.766. The second kappa shape index (κ2) is 7.98. The van der Waals surface area contributed by atoms with Crippen molar-refractivity contribution in [2.75, 3.05) is 7.11 Å². The molecule has 4 nitrogen and oxygen atoms in total. The Bertz CT molecular complexity index is 992. The van der Waals surface area contributed by atoms with Gasteiger partial charge in [-0.25, -0.2) is 0 Å². The minimum absolute atomic E-state index is 0.0168. The molecular weight excluding hydrogens is 346 g/mol. The molecule has 1 heterocycles. The first-order chi connectivity index (χ1) is 13.8. The lowest BCUT2D eigenvalue weighted by molar-refractivity contribution is 0.196.